The highest BCUT2D eigenvalue weighted by atomic mass is 35.5. The van der Waals surface area contributed by atoms with Crippen molar-refractivity contribution in [2.75, 3.05) is 24.5 Å². The zero-order valence-corrected chi connectivity index (χ0v) is 19.3. The highest BCUT2D eigenvalue weighted by Crippen LogP contribution is 2.32. The molecule has 1 aliphatic heterocycles. The number of nitrogens with zero attached hydrogens (tertiary/aromatic N) is 3. The second-order valence-electron chi connectivity index (χ2n) is 8.04. The molecule has 0 amide bonds. The number of nitrogens with one attached hydrogen (secondary N) is 1. The lowest BCUT2D eigenvalue weighted by molar-refractivity contribution is 0.302. The van der Waals surface area contributed by atoms with Crippen molar-refractivity contribution in [2.45, 2.75) is 45.7 Å². The van der Waals surface area contributed by atoms with E-state index in [1.54, 1.807) is 0 Å². The van der Waals surface area contributed by atoms with Gasteiger partial charge in [0.05, 0.1) is 21.1 Å². The average Bonchev–Trinajstić information content (AvgIpc) is 3.15. The first kappa shape index (κ1) is 21.5. The molecule has 0 radical (unpaired) electrons. The molecule has 6 heteroatoms. The van der Waals surface area contributed by atoms with Crippen LogP contribution in [0.5, 0.6) is 0 Å². The predicted molar refractivity (Wildman–Crippen MR) is 128 cm³/mol. The summed E-state index contributed by atoms with van der Waals surface area (Å²) in [6, 6.07) is 14.8. The summed E-state index contributed by atoms with van der Waals surface area (Å²) < 4.78 is 2.35. The summed E-state index contributed by atoms with van der Waals surface area (Å²) in [5.41, 5.74) is 3.49. The number of rotatable bonds is 7. The highest BCUT2D eigenvalue weighted by molar-refractivity contribution is 6.42. The van der Waals surface area contributed by atoms with Crippen LogP contribution in [0.4, 0.5) is 5.95 Å². The molecule has 4 rings (SSSR count). The van der Waals surface area contributed by atoms with Crippen molar-refractivity contribution in [2.24, 2.45) is 5.92 Å². The maximum absolute atomic E-state index is 6.34. The number of benzene rings is 2. The van der Waals surface area contributed by atoms with E-state index in [9.17, 15) is 0 Å². The summed E-state index contributed by atoms with van der Waals surface area (Å²) in [7, 11) is 0. The molecule has 0 saturated carbocycles. The summed E-state index contributed by atoms with van der Waals surface area (Å²) in [5, 5.41) is 4.75. The topological polar surface area (TPSA) is 33.1 Å². The zero-order valence-electron chi connectivity index (χ0n) is 17.7. The summed E-state index contributed by atoms with van der Waals surface area (Å²) in [6.07, 6.45) is 3.28. The minimum absolute atomic E-state index is 0.358. The molecule has 0 aliphatic carbocycles. The van der Waals surface area contributed by atoms with Crippen LogP contribution >= 0.6 is 23.2 Å². The SMILES string of the molecule is CCN(c1nc2ccccc2n1CC)C(Cc1ccc(Cl)c(Cl)c1)C1CCNCC1. The number of anilines is 1. The zero-order chi connectivity index (χ0) is 21.1. The Labute approximate surface area is 189 Å². The van der Waals surface area contributed by atoms with Crippen molar-refractivity contribution in [1.29, 1.82) is 0 Å². The molecule has 4 nitrogen and oxygen atoms in total. The Morgan fingerprint density at radius 1 is 1.10 bits per heavy atom. The number of aryl methyl sites for hydroxylation is 1. The van der Waals surface area contributed by atoms with Crippen LogP contribution in [-0.4, -0.2) is 35.2 Å². The highest BCUT2D eigenvalue weighted by Gasteiger charge is 2.31. The number of fused-ring (bicyclic) bond motifs is 1. The van der Waals surface area contributed by atoms with E-state index >= 15 is 0 Å². The van der Waals surface area contributed by atoms with Crippen LogP contribution in [0.15, 0.2) is 42.5 Å². The first-order chi connectivity index (χ1) is 14.6. The number of piperidine rings is 1. The summed E-state index contributed by atoms with van der Waals surface area (Å²) in [5.74, 6) is 1.68. The van der Waals surface area contributed by atoms with Gasteiger partial charge >= 0.3 is 0 Å². The standard InChI is InChI=1S/C24H30Cl2N4/c1-3-29-22-8-6-5-7-21(22)28-24(29)30(4-2)23(18-11-13-27-14-12-18)16-17-9-10-19(25)20(26)15-17/h5-10,15,18,23,27H,3-4,11-14,16H2,1-2H3. The number of para-hydroxylation sites is 2. The first-order valence-electron chi connectivity index (χ1n) is 11.0. The molecule has 0 spiro atoms. The van der Waals surface area contributed by atoms with Crippen LogP contribution in [0, 0.1) is 5.92 Å². The van der Waals surface area contributed by atoms with Crippen molar-refractivity contribution in [1.82, 2.24) is 14.9 Å². The molecule has 2 heterocycles. The van der Waals surface area contributed by atoms with Gasteiger partial charge in [-0.05, 0) is 81.9 Å². The molecule has 0 bridgehead atoms. The molecular formula is C24H30Cl2N4. The summed E-state index contributed by atoms with van der Waals surface area (Å²) in [6.45, 7) is 8.40. The van der Waals surface area contributed by atoms with Crippen LogP contribution in [0.3, 0.4) is 0 Å². The molecule has 2 aromatic carbocycles. The monoisotopic (exact) mass is 444 g/mol. The van der Waals surface area contributed by atoms with E-state index in [1.165, 1.54) is 23.9 Å². The third kappa shape index (κ3) is 4.32. The predicted octanol–water partition coefficient (Wildman–Crippen LogP) is 5.80. The number of likely N-dealkylation sites (N-methyl/N-ethyl adjacent to an activating group) is 1. The summed E-state index contributed by atoms with van der Waals surface area (Å²) >= 11 is 12.5. The number of aromatic nitrogens is 2. The van der Waals surface area contributed by atoms with E-state index < -0.39 is 0 Å². The van der Waals surface area contributed by atoms with Gasteiger partial charge < -0.3 is 14.8 Å². The lowest BCUT2D eigenvalue weighted by Crippen LogP contribution is -2.47. The van der Waals surface area contributed by atoms with E-state index in [2.05, 4.69) is 59.0 Å². The largest absolute Gasteiger partial charge is 0.339 e. The smallest absolute Gasteiger partial charge is 0.206 e. The van der Waals surface area contributed by atoms with Crippen molar-refractivity contribution in [3.05, 3.63) is 58.1 Å². The molecule has 1 N–H and O–H groups in total. The number of hydrogen-bond donors (Lipinski definition) is 1. The Kier molecular flexibility index (Phi) is 6.87. The fraction of sp³-hybridized carbons (Fsp3) is 0.458. The second kappa shape index (κ2) is 9.59. The molecule has 1 unspecified atom stereocenters. The number of halogens is 2. The van der Waals surface area contributed by atoms with Crippen molar-refractivity contribution in [3.8, 4) is 0 Å². The lowest BCUT2D eigenvalue weighted by atomic mass is 9.85. The van der Waals surface area contributed by atoms with Crippen molar-refractivity contribution >= 4 is 40.2 Å². The van der Waals surface area contributed by atoms with Crippen LogP contribution in [0.1, 0.15) is 32.3 Å². The van der Waals surface area contributed by atoms with Crippen LogP contribution in [0.2, 0.25) is 10.0 Å². The van der Waals surface area contributed by atoms with Gasteiger partial charge in [0.25, 0.3) is 0 Å². The first-order valence-corrected chi connectivity index (χ1v) is 11.7. The fourth-order valence-electron chi connectivity index (χ4n) is 4.79. The maximum Gasteiger partial charge on any atom is 0.206 e. The van der Waals surface area contributed by atoms with E-state index in [0.717, 1.165) is 44.1 Å². The van der Waals surface area contributed by atoms with Gasteiger partial charge in [0.1, 0.15) is 0 Å². The third-order valence-corrected chi connectivity index (χ3v) is 7.04. The van der Waals surface area contributed by atoms with Crippen molar-refractivity contribution in [3.63, 3.8) is 0 Å². The Morgan fingerprint density at radius 2 is 1.87 bits per heavy atom. The van der Waals surface area contributed by atoms with Gasteiger partial charge in [0, 0.05) is 19.1 Å². The van der Waals surface area contributed by atoms with Crippen LogP contribution in [-0.2, 0) is 13.0 Å². The maximum atomic E-state index is 6.34. The Morgan fingerprint density at radius 3 is 2.57 bits per heavy atom. The third-order valence-electron chi connectivity index (χ3n) is 6.31. The normalized spacial score (nSPS) is 16.1. The van der Waals surface area contributed by atoms with E-state index in [1.807, 2.05) is 12.1 Å². The van der Waals surface area contributed by atoms with Crippen molar-refractivity contribution < 1.29 is 0 Å². The van der Waals surface area contributed by atoms with Gasteiger partial charge in [0.2, 0.25) is 5.95 Å². The molecule has 30 heavy (non-hydrogen) atoms. The Balaban J connectivity index is 1.75. The molecule has 1 saturated heterocycles. The van der Waals surface area contributed by atoms with Crippen LogP contribution in [0.25, 0.3) is 11.0 Å². The quantitative estimate of drug-likeness (QED) is 0.499. The van der Waals surface area contributed by atoms with Gasteiger partial charge in [-0.1, -0.05) is 41.4 Å². The molecule has 1 aliphatic rings. The van der Waals surface area contributed by atoms with Gasteiger partial charge in [-0.25, -0.2) is 4.98 Å². The van der Waals surface area contributed by atoms with Gasteiger partial charge in [-0.15, -0.1) is 0 Å². The number of hydrogen-bond acceptors (Lipinski definition) is 3. The second-order valence-corrected chi connectivity index (χ2v) is 8.85. The van der Waals surface area contributed by atoms with E-state index in [-0.39, 0.29) is 0 Å². The fourth-order valence-corrected chi connectivity index (χ4v) is 5.11. The number of imidazole rings is 1. The Hall–Kier alpha value is -1.75. The summed E-state index contributed by atoms with van der Waals surface area (Å²) in [4.78, 5) is 7.59. The molecular weight excluding hydrogens is 415 g/mol. The average molecular weight is 445 g/mol. The minimum atomic E-state index is 0.358. The minimum Gasteiger partial charge on any atom is -0.339 e. The molecule has 160 valence electrons. The van der Waals surface area contributed by atoms with E-state index in [0.29, 0.717) is 22.0 Å². The molecule has 3 aromatic rings. The molecule has 1 fully saturated rings. The van der Waals surface area contributed by atoms with Gasteiger partial charge in [-0.3, -0.25) is 0 Å². The van der Waals surface area contributed by atoms with Crippen LogP contribution < -0.4 is 10.2 Å². The molecule has 1 aromatic heterocycles. The van der Waals surface area contributed by atoms with Gasteiger partial charge in [-0.2, -0.15) is 0 Å². The van der Waals surface area contributed by atoms with Gasteiger partial charge in [0.15, 0.2) is 0 Å². The lowest BCUT2D eigenvalue weighted by Gasteiger charge is -2.39. The van der Waals surface area contributed by atoms with E-state index in [4.69, 9.17) is 28.2 Å². The Bertz CT molecular complexity index is 994. The molecule has 1 atom stereocenters.